The van der Waals surface area contributed by atoms with E-state index in [2.05, 4.69) is 103 Å². The Bertz CT molecular complexity index is 7250. The molecule has 0 amide bonds. The summed E-state index contributed by atoms with van der Waals surface area (Å²) in [5, 5.41) is 14.7. The second-order valence-electron chi connectivity index (χ2n) is 37.0. The monoisotopic (exact) mass is 1960 g/mol. The highest BCUT2D eigenvalue weighted by molar-refractivity contribution is 5.85. The molecule has 4 unspecified atom stereocenters. The first-order chi connectivity index (χ1) is 71.7. The predicted octanol–water partition coefficient (Wildman–Crippen LogP) is 25.3. The number of nitrogens with one attached hydrogen (secondary N) is 4. The Balaban J connectivity index is 0.000000123. The fraction of sp³-hybridized carbons (Fsp3) is 0.299. The molecule has 4 atom stereocenters. The normalized spacial score (nSPS) is 15.1. The molecule has 9 aromatic heterocycles. The molecule has 1 fully saturated rings. The summed E-state index contributed by atoms with van der Waals surface area (Å²) >= 11 is 0. The third-order valence-electron chi connectivity index (χ3n) is 27.0. The number of rotatable bonds is 37. The first-order valence-corrected chi connectivity index (χ1v) is 50.5. The Hall–Kier alpha value is -15.6. The summed E-state index contributed by atoms with van der Waals surface area (Å²) in [5.74, 6) is 9.94. The van der Waals surface area contributed by atoms with Gasteiger partial charge in [0.2, 0.25) is 11.8 Å². The van der Waals surface area contributed by atoms with Crippen molar-refractivity contribution < 1.29 is 50.7 Å². The smallest absolute Gasteiger partial charge is 0.223 e. The highest BCUT2D eigenvalue weighted by Crippen LogP contribution is 2.47. The van der Waals surface area contributed by atoms with Crippen LogP contribution in [0.15, 0.2) is 274 Å². The van der Waals surface area contributed by atoms with Crippen LogP contribution in [0.3, 0.4) is 0 Å². The number of hydrogen-bond acceptors (Lipinski definition) is 21. The molecule has 4 N–H and O–H groups in total. The number of nitrogens with zero attached hydrogens (tertiary/aromatic N) is 14. The number of unbranched alkanes of at least 4 members (excludes halogenated alkanes) is 1. The molecule has 4 aliphatic heterocycles. The van der Waals surface area contributed by atoms with Crippen LogP contribution in [0.1, 0.15) is 150 Å². The van der Waals surface area contributed by atoms with Gasteiger partial charge in [0, 0.05) is 133 Å². The molecule has 5 aliphatic rings. The molecule has 17 aromatic rings. The number of ether oxygens (including phenoxy) is 7. The Morgan fingerprint density at radius 2 is 0.753 bits per heavy atom. The van der Waals surface area contributed by atoms with Crippen LogP contribution in [0.5, 0.6) is 28.9 Å². The Morgan fingerprint density at radius 1 is 0.336 bits per heavy atom. The number of aryl methyl sites for hydroxylation is 4. The minimum absolute atomic E-state index is 0.0574. The number of fused-ring (bicyclic) bond motifs is 5. The van der Waals surface area contributed by atoms with Crippen LogP contribution >= 0.6 is 0 Å². The Labute approximate surface area is 847 Å². The minimum Gasteiger partial charge on any atom is -0.497 e. The summed E-state index contributed by atoms with van der Waals surface area (Å²) in [5.41, 5.74) is 17.8. The average Bonchev–Trinajstić information content (AvgIpc) is 1.61. The van der Waals surface area contributed by atoms with E-state index in [0.29, 0.717) is 57.5 Å². The number of hydrogen-bond donors (Lipinski definition) is 4. The molecule has 29 heteroatoms. The van der Waals surface area contributed by atoms with Crippen LogP contribution in [-0.4, -0.2) is 142 Å². The lowest BCUT2D eigenvalue weighted by molar-refractivity contribution is 0.0924. The van der Waals surface area contributed by atoms with Crippen molar-refractivity contribution in [2.75, 3.05) is 88.7 Å². The van der Waals surface area contributed by atoms with E-state index in [1.54, 1.807) is 76.1 Å². The fourth-order valence-electron chi connectivity index (χ4n) is 19.3. The molecule has 1 aliphatic carbocycles. The van der Waals surface area contributed by atoms with Crippen molar-refractivity contribution in [1.29, 1.82) is 0 Å². The average molecular weight is 1970 g/mol. The SMILES string of the molecule is CCCCNc1cc(-c2c(-c3ccc(F)cc3)nc3n2C(COc2cccc(OC)c2)CC3)ccn1.CCCNc1cc(-c2c(-c3ccc(F)cc3)nc3n2C(COCc2ccc(OC)cc2)CC3)ccn1.CCCNc1nccc(-c2c(-c3ccc(F)cc3)nc3n2C(COc2ccc4ccccc4n2)CC3)n1.COc1ccc(COCC2CCc3nc(-c4ccc(F)cc4)c(-c4ccnc(NC5CCC5)c4)n32)cc1. The first-order valence-electron chi connectivity index (χ1n) is 50.5. The standard InChI is InChI=1S/C30H31FN4O2.C29H27FN6O.2C29H31FN4O2/c1-36-26-12-5-20(6-13-26)18-37-19-25-11-14-28-34-29(21-7-9-23(31)10-8-21)30(35(25)28)22-15-16-32-27(17-22)33-24-3-2-4-24;1-2-16-31-29-32-17-15-24(34-29)28-27(20-7-10-21(30)11-8-20)35-25-13-12-22(36(25)28)18-37-26-14-9-19-5-3-4-6-23(19)33-26;1-3-15-31-26-17-22(14-16-32-26)29-28(21-6-8-23(30)9-7-21)33-27-13-10-24(34(27)29)19-36-18-20-4-11-25(35-2)12-5-20;1-3-4-15-31-26-17-21(14-16-32-26)29-28(20-8-10-22(30)11-9-20)33-27-13-12-23(34(27)29)19-36-25-7-5-6-24(18-25)35-2/h5-10,12-13,15-17,24-25H,2-4,11,14,18-19H2,1H3,(H,32,33);3-11,14-15,17,22H,2,12-13,16,18H2,1H3,(H,31,32,34);4-9,11-12,14,16-17,24H,3,10,13,15,18-19H2,1-2H3,(H,31,32);5-11,14,16-18,23H,3-4,12-13,15,19H2,1-2H3,(H,31,32). The lowest BCUT2D eigenvalue weighted by atomic mass is 9.93. The van der Waals surface area contributed by atoms with Gasteiger partial charge in [-0.05, 0) is 263 Å². The van der Waals surface area contributed by atoms with Gasteiger partial charge in [0.1, 0.15) is 100 Å². The maximum atomic E-state index is 13.7. The lowest BCUT2D eigenvalue weighted by Crippen LogP contribution is -2.27. The van der Waals surface area contributed by atoms with Crippen molar-refractivity contribution in [2.45, 2.75) is 161 Å². The van der Waals surface area contributed by atoms with Gasteiger partial charge in [-0.3, -0.25) is 0 Å². The molecule has 8 aromatic carbocycles. The molecule has 0 radical (unpaired) electrons. The van der Waals surface area contributed by atoms with Crippen molar-refractivity contribution in [2.24, 2.45) is 0 Å². The van der Waals surface area contributed by atoms with E-state index in [9.17, 15) is 17.6 Å². The molecule has 146 heavy (non-hydrogen) atoms. The van der Waals surface area contributed by atoms with Gasteiger partial charge in [0.05, 0.1) is 129 Å². The van der Waals surface area contributed by atoms with E-state index < -0.39 is 0 Å². The van der Waals surface area contributed by atoms with Crippen molar-refractivity contribution in [1.82, 2.24) is 68.1 Å². The third-order valence-corrected chi connectivity index (χ3v) is 27.0. The topological polar surface area (TPSA) is 261 Å². The molecule has 0 spiro atoms. The van der Waals surface area contributed by atoms with Crippen LogP contribution in [0.25, 0.3) is 101 Å². The van der Waals surface area contributed by atoms with E-state index in [1.165, 1.54) is 67.8 Å². The summed E-state index contributed by atoms with van der Waals surface area (Å²) in [7, 11) is 4.98. The first kappa shape index (κ1) is 99.1. The van der Waals surface area contributed by atoms with Crippen molar-refractivity contribution >= 4 is 34.3 Å². The second-order valence-corrected chi connectivity index (χ2v) is 37.0. The van der Waals surface area contributed by atoms with E-state index in [1.807, 2.05) is 152 Å². The largest absolute Gasteiger partial charge is 0.497 e. The quantitative estimate of drug-likeness (QED) is 0.0208. The third kappa shape index (κ3) is 23.6. The van der Waals surface area contributed by atoms with Crippen LogP contribution in [0.2, 0.25) is 0 Å². The van der Waals surface area contributed by atoms with Gasteiger partial charge in [0.25, 0.3) is 0 Å². The lowest BCUT2D eigenvalue weighted by Gasteiger charge is -2.27. The predicted molar refractivity (Wildman–Crippen MR) is 564 cm³/mol. The van der Waals surface area contributed by atoms with Gasteiger partial charge in [-0.2, -0.15) is 0 Å². The maximum Gasteiger partial charge on any atom is 0.223 e. The summed E-state index contributed by atoms with van der Waals surface area (Å²) in [6.07, 6.45) is 22.3. The summed E-state index contributed by atoms with van der Waals surface area (Å²) in [6, 6.07) is 76.9. The number of pyridine rings is 4. The van der Waals surface area contributed by atoms with Crippen molar-refractivity contribution in [3.63, 3.8) is 0 Å². The van der Waals surface area contributed by atoms with Crippen LogP contribution in [0.4, 0.5) is 41.0 Å². The Kier molecular flexibility index (Phi) is 32.1. The van der Waals surface area contributed by atoms with Crippen LogP contribution < -0.4 is 45.0 Å². The highest BCUT2D eigenvalue weighted by Gasteiger charge is 2.37. The van der Waals surface area contributed by atoms with Crippen LogP contribution in [-0.2, 0) is 48.4 Å². The molecule has 13 heterocycles. The minimum atomic E-state index is -0.278. The number of aromatic nitrogens is 14. The van der Waals surface area contributed by atoms with Crippen LogP contribution in [0, 0.1) is 23.3 Å². The van der Waals surface area contributed by atoms with Gasteiger partial charge in [-0.15, -0.1) is 0 Å². The zero-order chi connectivity index (χ0) is 100. The number of para-hydroxylation sites is 1. The fourth-order valence-corrected chi connectivity index (χ4v) is 19.3. The van der Waals surface area contributed by atoms with Gasteiger partial charge in [-0.25, -0.2) is 67.4 Å². The molecular weight excluding hydrogens is 1850 g/mol. The van der Waals surface area contributed by atoms with Crippen molar-refractivity contribution in [3.8, 4) is 119 Å². The molecule has 0 bridgehead atoms. The van der Waals surface area contributed by atoms with E-state index in [-0.39, 0.29) is 47.4 Å². The molecule has 25 nitrogen and oxygen atoms in total. The zero-order valence-corrected chi connectivity index (χ0v) is 83.0. The van der Waals surface area contributed by atoms with E-state index in [0.717, 1.165) is 273 Å². The van der Waals surface area contributed by atoms with Gasteiger partial charge >= 0.3 is 0 Å². The Morgan fingerprint density at radius 3 is 1.21 bits per heavy atom. The van der Waals surface area contributed by atoms with E-state index >= 15 is 0 Å². The number of anilines is 4. The number of benzene rings is 8. The number of imidazole rings is 4. The van der Waals surface area contributed by atoms with Gasteiger partial charge in [-0.1, -0.05) is 75.7 Å². The molecule has 22 rings (SSSR count). The summed E-state index contributed by atoms with van der Waals surface area (Å²) in [6.45, 7) is 12.1. The summed E-state index contributed by atoms with van der Waals surface area (Å²) in [4.78, 5) is 47.5. The number of methoxy groups -OCH3 is 3. The summed E-state index contributed by atoms with van der Waals surface area (Å²) < 4.78 is 105. The van der Waals surface area contributed by atoms with Gasteiger partial charge in [0.15, 0.2) is 0 Å². The molecular formula is C117H120F4N18O7. The van der Waals surface area contributed by atoms with Gasteiger partial charge < -0.3 is 72.7 Å². The molecule has 748 valence electrons. The molecule has 1 saturated carbocycles. The van der Waals surface area contributed by atoms with E-state index in [4.69, 9.17) is 58.1 Å². The second kappa shape index (κ2) is 47.3. The highest BCUT2D eigenvalue weighted by atomic mass is 19.1. The molecule has 0 saturated heterocycles. The maximum absolute atomic E-state index is 13.7. The van der Waals surface area contributed by atoms with Crippen molar-refractivity contribution in [3.05, 3.63) is 331 Å². The zero-order valence-electron chi connectivity index (χ0n) is 83.0. The number of halogens is 4.